The number of para-hydroxylation sites is 1. The van der Waals surface area contributed by atoms with Crippen LogP contribution in [0.1, 0.15) is 27.2 Å². The van der Waals surface area contributed by atoms with Crippen molar-refractivity contribution in [2.45, 2.75) is 20.0 Å². The molecule has 0 unspecified atom stereocenters. The van der Waals surface area contributed by atoms with Crippen LogP contribution in [0.25, 0.3) is 11.5 Å². The monoisotopic (exact) mass is 398 g/mol. The van der Waals surface area contributed by atoms with E-state index in [1.807, 2.05) is 52.3 Å². The van der Waals surface area contributed by atoms with Crippen LogP contribution in [-0.2, 0) is 13.1 Å². The van der Waals surface area contributed by atoms with Gasteiger partial charge in [-0.3, -0.25) is 4.79 Å². The Balaban J connectivity index is 1.54. The fourth-order valence-electron chi connectivity index (χ4n) is 3.94. The summed E-state index contributed by atoms with van der Waals surface area (Å²) in [6, 6.07) is 19.6. The fourth-order valence-corrected chi connectivity index (χ4v) is 3.94. The normalized spacial score (nSPS) is 12.8. The Morgan fingerprint density at radius 2 is 1.70 bits per heavy atom. The zero-order chi connectivity index (χ0) is 20.7. The summed E-state index contributed by atoms with van der Waals surface area (Å²) in [5, 5.41) is 4.89. The third-order valence-corrected chi connectivity index (χ3v) is 5.48. The number of ether oxygens (including phenoxy) is 1. The van der Waals surface area contributed by atoms with Crippen LogP contribution in [0.15, 0.2) is 73.1 Å². The molecule has 5 rings (SSSR count). The average molecular weight is 398 g/mol. The maximum absolute atomic E-state index is 13.2. The molecule has 1 aliphatic heterocycles. The van der Waals surface area contributed by atoms with Crippen LogP contribution >= 0.6 is 0 Å². The Morgan fingerprint density at radius 1 is 0.967 bits per heavy atom. The van der Waals surface area contributed by atoms with E-state index in [-0.39, 0.29) is 5.91 Å². The summed E-state index contributed by atoms with van der Waals surface area (Å²) in [7, 11) is 1.58. The second-order valence-corrected chi connectivity index (χ2v) is 7.45. The Labute approximate surface area is 174 Å². The molecular formula is C24H22N4O2. The van der Waals surface area contributed by atoms with Crippen LogP contribution < -0.4 is 4.74 Å². The summed E-state index contributed by atoms with van der Waals surface area (Å²) in [6.45, 7) is 3.05. The van der Waals surface area contributed by atoms with Crippen molar-refractivity contribution in [1.29, 1.82) is 0 Å². The summed E-state index contributed by atoms with van der Waals surface area (Å²) in [5.41, 5.74) is 4.76. The van der Waals surface area contributed by atoms with Gasteiger partial charge in [-0.05, 0) is 43.3 Å². The third kappa shape index (κ3) is 2.97. The lowest BCUT2D eigenvalue weighted by Gasteiger charge is -2.19. The van der Waals surface area contributed by atoms with Gasteiger partial charge in [0.15, 0.2) is 0 Å². The van der Waals surface area contributed by atoms with E-state index in [1.165, 1.54) is 5.56 Å². The molecule has 6 heteroatoms. The summed E-state index contributed by atoms with van der Waals surface area (Å²) >= 11 is 0. The van der Waals surface area contributed by atoms with E-state index in [4.69, 9.17) is 9.84 Å². The molecule has 0 radical (unpaired) electrons. The van der Waals surface area contributed by atoms with Gasteiger partial charge in [0.05, 0.1) is 37.1 Å². The number of carbonyl (C=O) groups excluding carboxylic acids is 1. The van der Waals surface area contributed by atoms with Crippen LogP contribution in [-0.4, -0.2) is 32.3 Å². The highest BCUT2D eigenvalue weighted by Gasteiger charge is 2.32. The maximum Gasteiger partial charge on any atom is 0.258 e. The molecule has 0 saturated carbocycles. The highest BCUT2D eigenvalue weighted by Crippen LogP contribution is 2.32. The number of carbonyl (C=O) groups is 1. The number of fused-ring (bicyclic) bond motifs is 1. The minimum absolute atomic E-state index is 0.0502. The SMILES string of the molecule is COc1ccccc1C(=O)N1Cc2nn(-c3ccc(C)cc3)c(-n3cccc3)c2C1. The Bertz CT molecular complexity index is 1210. The fraction of sp³-hybridized carbons (Fsp3) is 0.167. The minimum Gasteiger partial charge on any atom is -0.496 e. The number of hydrogen-bond donors (Lipinski definition) is 0. The van der Waals surface area contributed by atoms with E-state index < -0.39 is 0 Å². The van der Waals surface area contributed by atoms with E-state index in [9.17, 15) is 4.79 Å². The minimum atomic E-state index is -0.0502. The Hall–Kier alpha value is -3.80. The van der Waals surface area contributed by atoms with Crippen LogP contribution in [0.4, 0.5) is 0 Å². The molecule has 0 N–H and O–H groups in total. The first-order valence-corrected chi connectivity index (χ1v) is 9.89. The van der Waals surface area contributed by atoms with E-state index in [0.29, 0.717) is 24.4 Å². The summed E-state index contributed by atoms with van der Waals surface area (Å²) in [6.07, 6.45) is 4.01. The van der Waals surface area contributed by atoms with Gasteiger partial charge in [0, 0.05) is 18.0 Å². The van der Waals surface area contributed by atoms with Gasteiger partial charge in [-0.15, -0.1) is 0 Å². The second-order valence-electron chi connectivity index (χ2n) is 7.45. The summed E-state index contributed by atoms with van der Waals surface area (Å²) in [5.74, 6) is 1.50. The summed E-state index contributed by atoms with van der Waals surface area (Å²) < 4.78 is 9.41. The molecular weight excluding hydrogens is 376 g/mol. The van der Waals surface area contributed by atoms with Gasteiger partial charge in [0.2, 0.25) is 0 Å². The van der Waals surface area contributed by atoms with E-state index >= 15 is 0 Å². The van der Waals surface area contributed by atoms with Gasteiger partial charge < -0.3 is 14.2 Å². The molecule has 0 saturated heterocycles. The van der Waals surface area contributed by atoms with E-state index in [2.05, 4.69) is 35.8 Å². The van der Waals surface area contributed by atoms with Crippen molar-refractivity contribution in [2.24, 2.45) is 0 Å². The quantitative estimate of drug-likeness (QED) is 0.519. The Kier molecular flexibility index (Phi) is 4.39. The first-order valence-electron chi connectivity index (χ1n) is 9.89. The number of benzene rings is 2. The molecule has 30 heavy (non-hydrogen) atoms. The van der Waals surface area contributed by atoms with Gasteiger partial charge in [-0.25, -0.2) is 4.68 Å². The molecule has 0 atom stereocenters. The molecule has 0 bridgehead atoms. The molecule has 3 heterocycles. The standard InChI is InChI=1S/C24H22N4O2/c1-17-9-11-18(12-10-17)28-23(26-13-5-6-14-26)20-15-27(16-21(20)25-28)24(29)19-7-3-4-8-22(19)30-2/h3-14H,15-16H2,1-2H3. The van der Waals surface area contributed by atoms with E-state index in [0.717, 1.165) is 22.8 Å². The highest BCUT2D eigenvalue weighted by molar-refractivity contribution is 5.97. The van der Waals surface area contributed by atoms with Gasteiger partial charge in [0.1, 0.15) is 11.6 Å². The third-order valence-electron chi connectivity index (χ3n) is 5.48. The topological polar surface area (TPSA) is 52.3 Å². The smallest absolute Gasteiger partial charge is 0.258 e. The van der Waals surface area contributed by atoms with Crippen molar-refractivity contribution in [2.75, 3.05) is 7.11 Å². The van der Waals surface area contributed by atoms with Gasteiger partial charge >= 0.3 is 0 Å². The molecule has 150 valence electrons. The number of hydrogen-bond acceptors (Lipinski definition) is 3. The van der Waals surface area contributed by atoms with Crippen molar-refractivity contribution in [1.82, 2.24) is 19.2 Å². The predicted molar refractivity (Wildman–Crippen MR) is 114 cm³/mol. The molecule has 0 aliphatic carbocycles. The van der Waals surface area contributed by atoms with Crippen LogP contribution in [0.3, 0.4) is 0 Å². The molecule has 2 aromatic carbocycles. The van der Waals surface area contributed by atoms with Gasteiger partial charge in [-0.2, -0.15) is 5.10 Å². The molecule has 4 aromatic rings. The lowest BCUT2D eigenvalue weighted by molar-refractivity contribution is 0.0746. The molecule has 1 amide bonds. The lowest BCUT2D eigenvalue weighted by Crippen LogP contribution is -2.26. The second kappa shape index (κ2) is 7.22. The lowest BCUT2D eigenvalue weighted by atomic mass is 10.1. The molecule has 0 spiro atoms. The maximum atomic E-state index is 13.2. The first kappa shape index (κ1) is 18.2. The first-order chi connectivity index (χ1) is 14.7. The predicted octanol–water partition coefficient (Wildman–Crippen LogP) is 4.14. The summed E-state index contributed by atoms with van der Waals surface area (Å²) in [4.78, 5) is 15.0. The van der Waals surface area contributed by atoms with Gasteiger partial charge in [0.25, 0.3) is 5.91 Å². The van der Waals surface area contributed by atoms with Crippen molar-refractivity contribution in [3.05, 3.63) is 95.4 Å². The van der Waals surface area contributed by atoms with Crippen LogP contribution in [0, 0.1) is 6.92 Å². The molecule has 2 aromatic heterocycles. The van der Waals surface area contributed by atoms with Crippen molar-refractivity contribution < 1.29 is 9.53 Å². The number of nitrogens with zero attached hydrogens (tertiary/aromatic N) is 4. The van der Waals surface area contributed by atoms with E-state index in [1.54, 1.807) is 13.2 Å². The number of rotatable bonds is 4. The average Bonchev–Trinajstić information content (AvgIpc) is 3.50. The van der Waals surface area contributed by atoms with Crippen molar-refractivity contribution >= 4 is 5.91 Å². The largest absolute Gasteiger partial charge is 0.496 e. The molecule has 1 aliphatic rings. The Morgan fingerprint density at radius 3 is 2.43 bits per heavy atom. The van der Waals surface area contributed by atoms with Crippen molar-refractivity contribution in [3.8, 4) is 17.3 Å². The van der Waals surface area contributed by atoms with Gasteiger partial charge in [-0.1, -0.05) is 29.8 Å². The van der Waals surface area contributed by atoms with Crippen molar-refractivity contribution in [3.63, 3.8) is 0 Å². The number of aromatic nitrogens is 3. The zero-order valence-corrected chi connectivity index (χ0v) is 16.9. The zero-order valence-electron chi connectivity index (χ0n) is 16.9. The van der Waals surface area contributed by atoms with Crippen LogP contribution in [0.5, 0.6) is 5.75 Å². The van der Waals surface area contributed by atoms with Crippen LogP contribution in [0.2, 0.25) is 0 Å². The number of methoxy groups -OCH3 is 1. The highest BCUT2D eigenvalue weighted by atomic mass is 16.5. The molecule has 6 nitrogen and oxygen atoms in total. The number of aryl methyl sites for hydroxylation is 1. The molecule has 0 fully saturated rings. The number of amides is 1.